The zero-order valence-corrected chi connectivity index (χ0v) is 26.1. The Bertz CT molecular complexity index is 1510. The lowest BCUT2D eigenvalue weighted by atomic mass is 9.69. The number of nitrogens with one attached hydrogen (secondary N) is 1. The zero-order valence-electron chi connectivity index (χ0n) is 24.6. The number of amides is 2. The summed E-state index contributed by atoms with van der Waals surface area (Å²) in [6, 6.07) is 11.4. The van der Waals surface area contributed by atoms with Crippen LogP contribution in [0.5, 0.6) is 5.75 Å². The van der Waals surface area contributed by atoms with Crippen molar-refractivity contribution >= 4 is 39.1 Å². The van der Waals surface area contributed by atoms with E-state index in [1.165, 1.54) is 11.1 Å². The van der Waals surface area contributed by atoms with Gasteiger partial charge in [0.2, 0.25) is 15.9 Å². The van der Waals surface area contributed by atoms with Crippen LogP contribution in [0.15, 0.2) is 36.4 Å². The number of hydrogen-bond donors (Lipinski definition) is 1. The average molecular weight is 614 g/mol. The highest BCUT2D eigenvalue weighted by molar-refractivity contribution is 7.90. The SMILES string of the molecule is C[C@H]1CC(=O)N(C)C[C@@H]2CC[C@H]2CN2CC3(CCCc4cc(Cl)ccc43)COc3ccc(cc32)C(=O)NS(=O)(=O)[C@H]1C. The van der Waals surface area contributed by atoms with E-state index in [1.54, 1.807) is 36.9 Å². The number of halogens is 1. The number of benzene rings is 2. The molecule has 1 fully saturated rings. The van der Waals surface area contributed by atoms with Crippen LogP contribution in [0.2, 0.25) is 5.02 Å². The van der Waals surface area contributed by atoms with E-state index in [4.69, 9.17) is 16.3 Å². The predicted octanol–water partition coefficient (Wildman–Crippen LogP) is 4.79. The maximum Gasteiger partial charge on any atom is 0.264 e. The molecular formula is C32H40ClN3O5S. The molecule has 2 aliphatic carbocycles. The highest BCUT2D eigenvalue weighted by Crippen LogP contribution is 2.46. The lowest BCUT2D eigenvalue weighted by Gasteiger charge is -2.45. The molecule has 10 heteroatoms. The number of rotatable bonds is 0. The Morgan fingerprint density at radius 2 is 1.81 bits per heavy atom. The molecule has 42 heavy (non-hydrogen) atoms. The summed E-state index contributed by atoms with van der Waals surface area (Å²) in [6.07, 6.45) is 5.21. The largest absolute Gasteiger partial charge is 0.490 e. The molecule has 1 unspecified atom stereocenters. The third kappa shape index (κ3) is 5.39. The minimum atomic E-state index is -4.01. The topological polar surface area (TPSA) is 96.0 Å². The van der Waals surface area contributed by atoms with Gasteiger partial charge >= 0.3 is 0 Å². The maximum atomic E-state index is 13.3. The van der Waals surface area contributed by atoms with Crippen molar-refractivity contribution in [3.8, 4) is 5.75 Å². The first-order valence-electron chi connectivity index (χ1n) is 15.1. The van der Waals surface area contributed by atoms with E-state index >= 15 is 0 Å². The molecule has 1 saturated carbocycles. The fourth-order valence-electron chi connectivity index (χ4n) is 7.29. The van der Waals surface area contributed by atoms with Crippen molar-refractivity contribution in [1.29, 1.82) is 0 Å². The van der Waals surface area contributed by atoms with Gasteiger partial charge < -0.3 is 14.5 Å². The molecule has 6 rings (SSSR count). The maximum absolute atomic E-state index is 13.3. The van der Waals surface area contributed by atoms with Crippen LogP contribution in [0.1, 0.15) is 67.4 Å². The van der Waals surface area contributed by atoms with Crippen LogP contribution in [0.4, 0.5) is 5.69 Å². The van der Waals surface area contributed by atoms with Crippen LogP contribution < -0.4 is 14.4 Å². The van der Waals surface area contributed by atoms with Gasteiger partial charge in [0, 0.05) is 49.1 Å². The third-order valence-corrected chi connectivity index (χ3v) is 12.4. The number of carbonyl (C=O) groups is 2. The van der Waals surface area contributed by atoms with Gasteiger partial charge in [-0.2, -0.15) is 0 Å². The summed E-state index contributed by atoms with van der Waals surface area (Å²) >= 11 is 6.39. The Hall–Kier alpha value is -2.78. The number of nitrogens with zero attached hydrogens (tertiary/aromatic N) is 2. The molecule has 2 bridgehead atoms. The molecule has 0 radical (unpaired) electrons. The van der Waals surface area contributed by atoms with Gasteiger partial charge in [-0.1, -0.05) is 24.6 Å². The Kier molecular flexibility index (Phi) is 7.71. The molecule has 2 amide bonds. The van der Waals surface area contributed by atoms with Crippen molar-refractivity contribution in [3.05, 3.63) is 58.1 Å². The highest BCUT2D eigenvalue weighted by Gasteiger charge is 2.44. The molecule has 226 valence electrons. The number of ether oxygens (including phenoxy) is 1. The van der Waals surface area contributed by atoms with Gasteiger partial charge in [0.1, 0.15) is 5.75 Å². The zero-order chi connectivity index (χ0) is 29.8. The fourth-order valence-corrected chi connectivity index (χ4v) is 8.76. The molecule has 5 atom stereocenters. The van der Waals surface area contributed by atoms with Gasteiger partial charge in [0.15, 0.2) is 0 Å². The summed E-state index contributed by atoms with van der Waals surface area (Å²) in [5.41, 5.74) is 3.35. The average Bonchev–Trinajstić information content (AvgIpc) is 3.09. The van der Waals surface area contributed by atoms with Crippen LogP contribution in [-0.2, 0) is 26.7 Å². The minimum absolute atomic E-state index is 0.0688. The van der Waals surface area contributed by atoms with Crippen molar-refractivity contribution in [1.82, 2.24) is 9.62 Å². The Balaban J connectivity index is 1.42. The van der Waals surface area contributed by atoms with Crippen molar-refractivity contribution in [2.75, 3.05) is 38.2 Å². The van der Waals surface area contributed by atoms with Crippen molar-refractivity contribution in [2.24, 2.45) is 17.8 Å². The number of hydrogen-bond acceptors (Lipinski definition) is 6. The van der Waals surface area contributed by atoms with Gasteiger partial charge in [-0.25, -0.2) is 13.1 Å². The van der Waals surface area contributed by atoms with Crippen molar-refractivity contribution < 1.29 is 22.7 Å². The molecule has 2 heterocycles. The smallest absolute Gasteiger partial charge is 0.264 e. The monoisotopic (exact) mass is 613 g/mol. The third-order valence-electron chi connectivity index (χ3n) is 10.3. The molecule has 0 saturated heterocycles. The number of aryl methyl sites for hydroxylation is 1. The Morgan fingerprint density at radius 1 is 1.05 bits per heavy atom. The number of anilines is 1. The van der Waals surface area contributed by atoms with E-state index < -0.39 is 27.1 Å². The second-order valence-electron chi connectivity index (χ2n) is 13.0. The molecule has 4 aliphatic rings. The normalized spacial score (nSPS) is 31.2. The standard InChI is InChI=1S/C32H40ClN3O5S/c1-20-13-30(37)35(3)16-24-6-7-25(24)17-36-18-32(12-4-5-22-14-26(33)9-10-27(22)32)19-41-29-11-8-23(15-28(29)36)31(38)34-42(39,40)21(20)2/h8-11,14-15,20-21,24-25H,4-7,12-13,16-19H2,1-3H3,(H,34,38)/t20-,21-,24-,25-,32?/m0/s1. The second kappa shape index (κ2) is 11.1. The first-order chi connectivity index (χ1) is 20.0. The molecule has 2 aromatic rings. The van der Waals surface area contributed by atoms with Crippen LogP contribution in [-0.4, -0.2) is 63.7 Å². The van der Waals surface area contributed by atoms with E-state index in [2.05, 4.69) is 21.8 Å². The van der Waals surface area contributed by atoms with E-state index in [1.807, 2.05) is 13.1 Å². The molecule has 2 aliphatic heterocycles. The van der Waals surface area contributed by atoms with Crippen molar-refractivity contribution in [2.45, 2.75) is 63.0 Å². The van der Waals surface area contributed by atoms with Gasteiger partial charge in [-0.05, 0) is 98.2 Å². The minimum Gasteiger partial charge on any atom is -0.490 e. The molecule has 1 N–H and O–H groups in total. The van der Waals surface area contributed by atoms with Crippen LogP contribution in [0.25, 0.3) is 0 Å². The second-order valence-corrected chi connectivity index (χ2v) is 15.5. The van der Waals surface area contributed by atoms with E-state index in [0.29, 0.717) is 37.3 Å². The molecule has 0 aromatic heterocycles. The van der Waals surface area contributed by atoms with Gasteiger partial charge in [0.25, 0.3) is 5.91 Å². The van der Waals surface area contributed by atoms with Gasteiger partial charge in [-0.3, -0.25) is 9.59 Å². The fraction of sp³-hybridized carbons (Fsp3) is 0.562. The summed E-state index contributed by atoms with van der Waals surface area (Å²) in [5.74, 6) is 0.245. The first-order valence-corrected chi connectivity index (χ1v) is 17.0. The Labute approximate surface area is 253 Å². The quantitative estimate of drug-likeness (QED) is 0.459. The summed E-state index contributed by atoms with van der Waals surface area (Å²) in [7, 11) is -2.20. The van der Waals surface area contributed by atoms with Crippen LogP contribution in [0.3, 0.4) is 0 Å². The summed E-state index contributed by atoms with van der Waals surface area (Å²) in [5, 5.41) is -0.178. The van der Waals surface area contributed by atoms with Gasteiger partial charge in [-0.15, -0.1) is 0 Å². The van der Waals surface area contributed by atoms with E-state index in [0.717, 1.165) is 49.4 Å². The lowest BCUT2D eigenvalue weighted by molar-refractivity contribution is -0.132. The summed E-state index contributed by atoms with van der Waals surface area (Å²) in [4.78, 5) is 30.6. The summed E-state index contributed by atoms with van der Waals surface area (Å²) in [6.45, 7) is 5.94. The highest BCUT2D eigenvalue weighted by atomic mass is 35.5. The lowest BCUT2D eigenvalue weighted by Crippen LogP contribution is -2.50. The molecule has 2 aromatic carbocycles. The van der Waals surface area contributed by atoms with E-state index in [9.17, 15) is 18.0 Å². The van der Waals surface area contributed by atoms with Crippen LogP contribution in [0, 0.1) is 17.8 Å². The van der Waals surface area contributed by atoms with Crippen molar-refractivity contribution in [3.63, 3.8) is 0 Å². The predicted molar refractivity (Wildman–Crippen MR) is 164 cm³/mol. The molecule has 1 spiro atoms. The van der Waals surface area contributed by atoms with Crippen LogP contribution >= 0.6 is 11.6 Å². The first kappa shape index (κ1) is 29.3. The summed E-state index contributed by atoms with van der Waals surface area (Å²) < 4.78 is 35.2. The molecular weight excluding hydrogens is 574 g/mol. The van der Waals surface area contributed by atoms with Gasteiger partial charge in [0.05, 0.1) is 17.5 Å². The van der Waals surface area contributed by atoms with E-state index in [-0.39, 0.29) is 23.3 Å². The number of carbonyl (C=O) groups excluding carboxylic acids is 2. The molecule has 8 nitrogen and oxygen atoms in total. The number of sulfonamides is 1. The number of fused-ring (bicyclic) bond motifs is 4. The Morgan fingerprint density at radius 3 is 2.57 bits per heavy atom.